The Hall–Kier alpha value is -4.22. The Morgan fingerprint density at radius 1 is 1.26 bits per heavy atom. The molecule has 1 atom stereocenters. The molecule has 0 spiro atoms. The Morgan fingerprint density at radius 3 is 2.79 bits per heavy atom. The van der Waals surface area contributed by atoms with Gasteiger partial charge in [-0.05, 0) is 46.2 Å². The van der Waals surface area contributed by atoms with Crippen LogP contribution in [0.1, 0.15) is 45.6 Å². The first-order valence-corrected chi connectivity index (χ1v) is 12.3. The monoisotopic (exact) mass is 526 g/mol. The van der Waals surface area contributed by atoms with Crippen molar-refractivity contribution in [2.45, 2.75) is 45.6 Å². The number of amides is 2. The Balaban J connectivity index is 1.62. The second-order valence-corrected chi connectivity index (χ2v) is 9.50. The molecular weight excluding hydrogens is 492 g/mol. The Bertz CT molecular complexity index is 1180. The van der Waals surface area contributed by atoms with Gasteiger partial charge in [0.1, 0.15) is 35.2 Å². The molecule has 2 aromatic rings. The molecule has 2 heterocycles. The molecule has 204 valence electrons. The van der Waals surface area contributed by atoms with E-state index in [2.05, 4.69) is 25.6 Å². The number of carbonyl (C=O) groups excluding carboxylic acids is 3. The van der Waals surface area contributed by atoms with Crippen molar-refractivity contribution < 1.29 is 28.6 Å². The number of nitrogens with one attached hydrogen (secondary N) is 2. The van der Waals surface area contributed by atoms with Crippen molar-refractivity contribution in [1.29, 1.82) is 0 Å². The average molecular weight is 527 g/mol. The van der Waals surface area contributed by atoms with E-state index in [0.717, 1.165) is 0 Å². The summed E-state index contributed by atoms with van der Waals surface area (Å²) in [4.78, 5) is 50.8. The Morgan fingerprint density at radius 2 is 2.05 bits per heavy atom. The molecule has 0 aliphatic carbocycles. The number of anilines is 2. The molecule has 1 aromatic heterocycles. The minimum atomic E-state index is -0.706. The van der Waals surface area contributed by atoms with Gasteiger partial charge in [0, 0.05) is 32.4 Å². The largest absolute Gasteiger partial charge is 0.482 e. The summed E-state index contributed by atoms with van der Waals surface area (Å²) in [6.45, 7) is 8.24. The van der Waals surface area contributed by atoms with Crippen LogP contribution in [-0.2, 0) is 19.1 Å². The van der Waals surface area contributed by atoms with E-state index in [4.69, 9.17) is 14.2 Å². The summed E-state index contributed by atoms with van der Waals surface area (Å²) in [5, 5.41) is 5.99. The third-order valence-corrected chi connectivity index (χ3v) is 5.24. The van der Waals surface area contributed by atoms with Crippen LogP contribution in [0.25, 0.3) is 0 Å². The van der Waals surface area contributed by atoms with Gasteiger partial charge in [-0.25, -0.2) is 19.6 Å². The van der Waals surface area contributed by atoms with Gasteiger partial charge >= 0.3 is 12.1 Å². The SMILES string of the molecule is CCOC(=O)COc1cccc(N=CC2C(=O)Nc3ncnc(NCCCN(C)C(=O)OC(C)(C)C)c32)c1. The molecule has 1 aliphatic heterocycles. The van der Waals surface area contributed by atoms with E-state index in [9.17, 15) is 14.4 Å². The molecule has 0 radical (unpaired) electrons. The summed E-state index contributed by atoms with van der Waals surface area (Å²) in [6, 6.07) is 6.85. The van der Waals surface area contributed by atoms with Crippen molar-refractivity contribution in [1.82, 2.24) is 14.9 Å². The fourth-order valence-corrected chi connectivity index (χ4v) is 3.51. The zero-order valence-electron chi connectivity index (χ0n) is 22.3. The predicted octanol–water partition coefficient (Wildman–Crippen LogP) is 3.53. The maximum absolute atomic E-state index is 12.7. The van der Waals surface area contributed by atoms with Gasteiger partial charge < -0.3 is 29.7 Å². The molecule has 0 saturated carbocycles. The van der Waals surface area contributed by atoms with E-state index in [1.807, 2.05) is 20.8 Å². The van der Waals surface area contributed by atoms with Crippen LogP contribution in [0.3, 0.4) is 0 Å². The third kappa shape index (κ3) is 8.15. The number of hydrogen-bond acceptors (Lipinski definition) is 10. The standard InChI is InChI=1S/C26H34N6O6/c1-6-36-20(33)15-37-18-10-7-9-17(13-18)28-14-19-21-22(29-16-30-23(21)31-24(19)34)27-11-8-12-32(5)25(35)38-26(2,3)4/h7,9-10,13-14,16,19H,6,8,11-12,15H2,1-5H3,(H2,27,29,30,31,34). The lowest BCUT2D eigenvalue weighted by molar-refractivity contribution is -0.145. The molecule has 38 heavy (non-hydrogen) atoms. The number of benzene rings is 1. The maximum Gasteiger partial charge on any atom is 0.410 e. The van der Waals surface area contributed by atoms with Crippen LogP contribution in [0.2, 0.25) is 0 Å². The number of rotatable bonds is 11. The lowest BCUT2D eigenvalue weighted by atomic mass is 10.0. The van der Waals surface area contributed by atoms with Crippen molar-refractivity contribution in [3.63, 3.8) is 0 Å². The first kappa shape index (κ1) is 28.4. The van der Waals surface area contributed by atoms with Gasteiger partial charge in [-0.3, -0.25) is 9.79 Å². The lowest BCUT2D eigenvalue weighted by Crippen LogP contribution is -2.35. The second-order valence-electron chi connectivity index (χ2n) is 9.50. The minimum Gasteiger partial charge on any atom is -0.482 e. The number of fused-ring (bicyclic) bond motifs is 1. The number of carbonyl (C=O) groups is 3. The van der Waals surface area contributed by atoms with Crippen molar-refractivity contribution in [2.24, 2.45) is 4.99 Å². The number of aromatic nitrogens is 2. The van der Waals surface area contributed by atoms with E-state index in [1.54, 1.807) is 38.2 Å². The Kier molecular flexibility index (Phi) is 9.58. The van der Waals surface area contributed by atoms with E-state index < -0.39 is 17.5 Å². The average Bonchev–Trinajstić information content (AvgIpc) is 3.19. The van der Waals surface area contributed by atoms with Crippen LogP contribution in [0.5, 0.6) is 5.75 Å². The normalized spacial score (nSPS) is 14.6. The van der Waals surface area contributed by atoms with Crippen molar-refractivity contribution in [3.05, 3.63) is 36.2 Å². The van der Waals surface area contributed by atoms with Gasteiger partial charge in [0.25, 0.3) is 0 Å². The molecule has 1 aromatic carbocycles. The summed E-state index contributed by atoms with van der Waals surface area (Å²) in [7, 11) is 1.68. The molecule has 1 unspecified atom stereocenters. The first-order valence-electron chi connectivity index (χ1n) is 12.3. The number of ether oxygens (including phenoxy) is 3. The summed E-state index contributed by atoms with van der Waals surface area (Å²) in [5.74, 6) is -0.0605. The zero-order chi connectivity index (χ0) is 27.7. The van der Waals surface area contributed by atoms with Gasteiger partial charge in [0.15, 0.2) is 6.61 Å². The van der Waals surface area contributed by atoms with Gasteiger partial charge in [-0.2, -0.15) is 0 Å². The van der Waals surface area contributed by atoms with Gasteiger partial charge in [0.05, 0.1) is 17.9 Å². The lowest BCUT2D eigenvalue weighted by Gasteiger charge is -2.24. The molecule has 12 heteroatoms. The first-order chi connectivity index (χ1) is 18.1. The number of esters is 1. The Labute approximate surface area is 221 Å². The summed E-state index contributed by atoms with van der Waals surface area (Å²) < 4.78 is 15.7. The smallest absolute Gasteiger partial charge is 0.410 e. The van der Waals surface area contributed by atoms with Crippen molar-refractivity contribution in [3.8, 4) is 5.75 Å². The summed E-state index contributed by atoms with van der Waals surface area (Å²) in [5.41, 5.74) is 0.582. The predicted molar refractivity (Wildman–Crippen MR) is 142 cm³/mol. The van der Waals surface area contributed by atoms with E-state index in [1.165, 1.54) is 17.4 Å². The summed E-state index contributed by atoms with van der Waals surface area (Å²) >= 11 is 0. The highest BCUT2D eigenvalue weighted by molar-refractivity contribution is 6.13. The molecule has 0 saturated heterocycles. The highest BCUT2D eigenvalue weighted by Crippen LogP contribution is 2.35. The molecule has 12 nitrogen and oxygen atoms in total. The highest BCUT2D eigenvalue weighted by atomic mass is 16.6. The van der Waals surface area contributed by atoms with Gasteiger partial charge in [-0.1, -0.05) is 6.07 Å². The molecule has 0 fully saturated rings. The number of hydrogen-bond donors (Lipinski definition) is 2. The van der Waals surface area contributed by atoms with Crippen LogP contribution in [-0.4, -0.2) is 78.0 Å². The molecule has 2 amide bonds. The van der Waals surface area contributed by atoms with Crippen LogP contribution in [0, 0.1) is 0 Å². The van der Waals surface area contributed by atoms with Crippen LogP contribution in [0.4, 0.5) is 22.1 Å². The number of aliphatic imine (C=N–C) groups is 1. The fraction of sp³-hybridized carbons (Fsp3) is 0.462. The van der Waals surface area contributed by atoms with Gasteiger partial charge in [0.2, 0.25) is 5.91 Å². The van der Waals surface area contributed by atoms with Gasteiger partial charge in [-0.15, -0.1) is 0 Å². The quantitative estimate of drug-likeness (QED) is 0.255. The highest BCUT2D eigenvalue weighted by Gasteiger charge is 2.33. The molecule has 1 aliphatic rings. The van der Waals surface area contributed by atoms with E-state index >= 15 is 0 Å². The van der Waals surface area contributed by atoms with Crippen LogP contribution in [0.15, 0.2) is 35.6 Å². The maximum atomic E-state index is 12.7. The van der Waals surface area contributed by atoms with Crippen molar-refractivity contribution in [2.75, 3.05) is 44.0 Å². The van der Waals surface area contributed by atoms with Crippen LogP contribution >= 0.6 is 0 Å². The fourth-order valence-electron chi connectivity index (χ4n) is 3.51. The van der Waals surface area contributed by atoms with E-state index in [0.29, 0.717) is 48.1 Å². The summed E-state index contributed by atoms with van der Waals surface area (Å²) in [6.07, 6.45) is 3.14. The minimum absolute atomic E-state index is 0.209. The molecule has 3 rings (SSSR count). The topological polar surface area (TPSA) is 144 Å². The number of nitrogens with zero attached hydrogens (tertiary/aromatic N) is 4. The van der Waals surface area contributed by atoms with E-state index in [-0.39, 0.29) is 25.2 Å². The van der Waals surface area contributed by atoms with Crippen molar-refractivity contribution >= 4 is 41.5 Å². The molecule has 0 bridgehead atoms. The second kappa shape index (κ2) is 12.8. The molecular formula is C26H34N6O6. The molecule has 2 N–H and O–H groups in total. The third-order valence-electron chi connectivity index (χ3n) is 5.24. The zero-order valence-corrected chi connectivity index (χ0v) is 22.3. The van der Waals surface area contributed by atoms with Crippen LogP contribution < -0.4 is 15.4 Å².